The number of ether oxygens (including phenoxy) is 2. The second-order valence-corrected chi connectivity index (χ2v) is 8.85. The zero-order chi connectivity index (χ0) is 24.0. The molecule has 0 saturated carbocycles. The molecule has 0 bridgehead atoms. The third kappa shape index (κ3) is 5.64. The molecule has 0 radical (unpaired) electrons. The fraction of sp³-hybridized carbons (Fsp3) is 0.440. The number of hydrogen-bond acceptors (Lipinski definition) is 6. The summed E-state index contributed by atoms with van der Waals surface area (Å²) >= 11 is 0. The summed E-state index contributed by atoms with van der Waals surface area (Å²) in [6, 6.07) is 8.28. The van der Waals surface area contributed by atoms with E-state index in [-0.39, 0.29) is 12.2 Å². The van der Waals surface area contributed by atoms with Crippen LogP contribution < -0.4 is 10.6 Å². The predicted molar refractivity (Wildman–Crippen MR) is 127 cm³/mol. The lowest BCUT2D eigenvalue weighted by atomic mass is 10.0. The molecule has 5 rings (SSSR count). The van der Waals surface area contributed by atoms with Gasteiger partial charge in [0, 0.05) is 63.8 Å². The van der Waals surface area contributed by atoms with Crippen LogP contribution in [0.25, 0.3) is 0 Å². The van der Waals surface area contributed by atoms with E-state index in [1.807, 2.05) is 33.7 Å². The molecule has 0 fully saturated rings. The zero-order valence-corrected chi connectivity index (χ0v) is 19.6. The molecule has 0 saturated heterocycles. The van der Waals surface area contributed by atoms with Crippen LogP contribution in [0.2, 0.25) is 0 Å². The van der Waals surface area contributed by atoms with E-state index in [2.05, 4.69) is 32.7 Å². The van der Waals surface area contributed by atoms with Gasteiger partial charge in [-0.05, 0) is 30.4 Å². The fourth-order valence-corrected chi connectivity index (χ4v) is 4.66. The highest BCUT2D eigenvalue weighted by Gasteiger charge is 2.27. The Morgan fingerprint density at radius 2 is 1.43 bits per heavy atom. The van der Waals surface area contributed by atoms with E-state index < -0.39 is 12.2 Å². The van der Waals surface area contributed by atoms with Crippen molar-refractivity contribution in [3.05, 3.63) is 71.8 Å². The van der Waals surface area contributed by atoms with Crippen molar-refractivity contribution in [1.82, 2.24) is 29.7 Å². The molecule has 2 atom stereocenters. The first-order chi connectivity index (χ1) is 17.2. The van der Waals surface area contributed by atoms with Gasteiger partial charge < -0.3 is 29.2 Å². The van der Waals surface area contributed by atoms with Gasteiger partial charge in [0.25, 0.3) is 0 Å². The van der Waals surface area contributed by atoms with Crippen LogP contribution in [0, 0.1) is 0 Å². The molecule has 10 heteroatoms. The Hall–Kier alpha value is -3.82. The largest absolute Gasteiger partial charge is 0.438 e. The van der Waals surface area contributed by atoms with Gasteiger partial charge in [-0.25, -0.2) is 19.6 Å². The summed E-state index contributed by atoms with van der Waals surface area (Å²) in [5.74, 6) is 1.62. The number of imidazole rings is 2. The molecule has 2 aliphatic heterocycles. The SMILES string of the molecule is O=C(NCCCc1cccc(CCNC(=O)OC2CCn3ccnc32)c1)OC1CCn2ccnc21. The number of rotatable bonds is 9. The second-order valence-electron chi connectivity index (χ2n) is 8.85. The minimum Gasteiger partial charge on any atom is -0.438 e. The highest BCUT2D eigenvalue weighted by Crippen LogP contribution is 2.28. The van der Waals surface area contributed by atoms with E-state index >= 15 is 0 Å². The van der Waals surface area contributed by atoms with Crippen molar-refractivity contribution < 1.29 is 19.1 Å². The Morgan fingerprint density at radius 1 is 0.857 bits per heavy atom. The zero-order valence-electron chi connectivity index (χ0n) is 19.6. The molecule has 2 unspecified atom stereocenters. The van der Waals surface area contributed by atoms with Gasteiger partial charge >= 0.3 is 12.2 Å². The topological polar surface area (TPSA) is 112 Å². The minimum atomic E-state index is -0.415. The Balaban J connectivity index is 0.980. The molecule has 0 aliphatic carbocycles. The third-order valence-electron chi connectivity index (χ3n) is 6.42. The van der Waals surface area contributed by atoms with E-state index in [0.717, 1.165) is 56.0 Å². The number of carbonyl (C=O) groups is 2. The lowest BCUT2D eigenvalue weighted by molar-refractivity contribution is 0.0955. The number of aromatic nitrogens is 4. The summed E-state index contributed by atoms with van der Waals surface area (Å²) in [6.07, 6.45) is 9.78. The van der Waals surface area contributed by atoms with Crippen molar-refractivity contribution in [3.63, 3.8) is 0 Å². The Labute approximate surface area is 203 Å². The van der Waals surface area contributed by atoms with Crippen molar-refractivity contribution in [2.45, 2.75) is 57.4 Å². The van der Waals surface area contributed by atoms with E-state index in [4.69, 9.17) is 9.47 Å². The monoisotopic (exact) mass is 478 g/mol. The first kappa shape index (κ1) is 22.9. The lowest BCUT2D eigenvalue weighted by Gasteiger charge is -2.12. The number of benzene rings is 1. The normalized spacial score (nSPS) is 18.1. The number of amides is 2. The van der Waals surface area contributed by atoms with Crippen LogP contribution in [-0.4, -0.2) is 44.4 Å². The molecule has 2 aromatic heterocycles. The van der Waals surface area contributed by atoms with E-state index in [0.29, 0.717) is 19.5 Å². The summed E-state index contributed by atoms with van der Waals surface area (Å²) in [5.41, 5.74) is 2.33. The van der Waals surface area contributed by atoms with E-state index in [1.54, 1.807) is 12.4 Å². The first-order valence-electron chi connectivity index (χ1n) is 12.1. The third-order valence-corrected chi connectivity index (χ3v) is 6.42. The van der Waals surface area contributed by atoms with Crippen LogP contribution in [0.3, 0.4) is 0 Å². The molecule has 184 valence electrons. The van der Waals surface area contributed by atoms with Crippen LogP contribution in [0.1, 0.15) is 54.2 Å². The number of nitrogens with one attached hydrogen (secondary N) is 2. The average molecular weight is 479 g/mol. The lowest BCUT2D eigenvalue weighted by Crippen LogP contribution is -2.27. The van der Waals surface area contributed by atoms with Crippen molar-refractivity contribution in [2.24, 2.45) is 0 Å². The van der Waals surface area contributed by atoms with Crippen LogP contribution in [-0.2, 0) is 35.4 Å². The van der Waals surface area contributed by atoms with Gasteiger partial charge in [0.05, 0.1) is 0 Å². The maximum atomic E-state index is 12.2. The van der Waals surface area contributed by atoms with E-state index in [9.17, 15) is 9.59 Å². The highest BCUT2D eigenvalue weighted by molar-refractivity contribution is 5.67. The Bertz CT molecular complexity index is 1170. The fourth-order valence-electron chi connectivity index (χ4n) is 4.66. The molecule has 2 amide bonds. The summed E-state index contributed by atoms with van der Waals surface area (Å²) < 4.78 is 15.0. The number of aryl methyl sites for hydroxylation is 3. The molecule has 1 aromatic carbocycles. The standard InChI is InChI=1S/C25H30N6O4/c32-24(34-20-7-13-30-15-11-26-22(20)30)28-9-2-5-18-3-1-4-19(17-18)6-10-29-25(33)35-21-8-14-31-16-12-27-23(21)31/h1,3-4,11-12,15-17,20-21H,2,5-10,13-14H2,(H,28,32)(H,29,33). The number of carbonyl (C=O) groups excluding carboxylic acids is 2. The summed E-state index contributed by atoms with van der Waals surface area (Å²) in [6.45, 7) is 2.68. The van der Waals surface area contributed by atoms with Gasteiger partial charge in [0.2, 0.25) is 0 Å². The van der Waals surface area contributed by atoms with Crippen LogP contribution in [0.5, 0.6) is 0 Å². The van der Waals surface area contributed by atoms with Crippen molar-refractivity contribution in [2.75, 3.05) is 13.1 Å². The van der Waals surface area contributed by atoms with Gasteiger partial charge in [0.15, 0.2) is 12.2 Å². The Morgan fingerprint density at radius 3 is 2.06 bits per heavy atom. The number of alkyl carbamates (subject to hydrolysis) is 2. The quantitative estimate of drug-likeness (QED) is 0.457. The molecular weight excluding hydrogens is 448 g/mol. The van der Waals surface area contributed by atoms with Gasteiger partial charge in [0.1, 0.15) is 11.6 Å². The smallest absolute Gasteiger partial charge is 0.407 e. The molecule has 4 heterocycles. The molecular formula is C25H30N6O4. The summed E-state index contributed by atoms with van der Waals surface area (Å²) in [7, 11) is 0. The molecule has 2 aliphatic rings. The number of hydrogen-bond donors (Lipinski definition) is 2. The van der Waals surface area contributed by atoms with Crippen molar-refractivity contribution >= 4 is 12.2 Å². The summed E-state index contributed by atoms with van der Waals surface area (Å²) in [5, 5.41) is 5.67. The van der Waals surface area contributed by atoms with Gasteiger partial charge in [-0.2, -0.15) is 0 Å². The minimum absolute atomic E-state index is 0.270. The van der Waals surface area contributed by atoms with Crippen LogP contribution in [0.15, 0.2) is 49.1 Å². The predicted octanol–water partition coefficient (Wildman–Crippen LogP) is 3.30. The summed E-state index contributed by atoms with van der Waals surface area (Å²) in [4.78, 5) is 32.8. The number of fused-ring (bicyclic) bond motifs is 2. The Kier molecular flexibility index (Phi) is 6.97. The number of nitrogens with zero attached hydrogens (tertiary/aromatic N) is 4. The average Bonchev–Trinajstić information content (AvgIpc) is 3.62. The molecule has 35 heavy (non-hydrogen) atoms. The second kappa shape index (κ2) is 10.6. The maximum Gasteiger partial charge on any atom is 0.407 e. The molecule has 3 aromatic rings. The van der Waals surface area contributed by atoms with Crippen molar-refractivity contribution in [3.8, 4) is 0 Å². The first-order valence-corrected chi connectivity index (χ1v) is 12.1. The van der Waals surface area contributed by atoms with E-state index in [1.165, 1.54) is 5.56 Å². The van der Waals surface area contributed by atoms with Gasteiger partial charge in [-0.15, -0.1) is 0 Å². The highest BCUT2D eigenvalue weighted by atomic mass is 16.6. The van der Waals surface area contributed by atoms with Crippen LogP contribution in [0.4, 0.5) is 9.59 Å². The maximum absolute atomic E-state index is 12.2. The van der Waals surface area contributed by atoms with Crippen molar-refractivity contribution in [1.29, 1.82) is 0 Å². The molecule has 0 spiro atoms. The van der Waals surface area contributed by atoms with Gasteiger partial charge in [-0.3, -0.25) is 0 Å². The molecule has 10 nitrogen and oxygen atoms in total. The molecule has 2 N–H and O–H groups in total. The van der Waals surface area contributed by atoms with Crippen LogP contribution >= 0.6 is 0 Å². The van der Waals surface area contributed by atoms with Gasteiger partial charge in [-0.1, -0.05) is 24.3 Å².